The van der Waals surface area contributed by atoms with Crippen LogP contribution in [0.1, 0.15) is 42.5 Å². The van der Waals surface area contributed by atoms with Crippen LogP contribution >= 0.6 is 12.4 Å². The molecule has 2 amide bonds. The van der Waals surface area contributed by atoms with Gasteiger partial charge in [-0.1, -0.05) is 24.6 Å². The fourth-order valence-corrected chi connectivity index (χ4v) is 3.92. The van der Waals surface area contributed by atoms with Gasteiger partial charge in [0.1, 0.15) is 0 Å². The van der Waals surface area contributed by atoms with Crippen LogP contribution in [0.15, 0.2) is 30.3 Å². The molecule has 1 aliphatic carbocycles. The molecule has 1 saturated carbocycles. The predicted octanol–water partition coefficient (Wildman–Crippen LogP) is 2.20. The summed E-state index contributed by atoms with van der Waals surface area (Å²) in [6, 6.07) is 9.59. The van der Waals surface area contributed by atoms with Crippen LogP contribution in [0.3, 0.4) is 0 Å². The summed E-state index contributed by atoms with van der Waals surface area (Å²) >= 11 is 0. The molecule has 138 valence electrons. The minimum absolute atomic E-state index is 0. The van der Waals surface area contributed by atoms with Gasteiger partial charge in [-0.25, -0.2) is 0 Å². The number of nitrogens with two attached hydrogens (primary N) is 1. The van der Waals surface area contributed by atoms with Crippen LogP contribution in [0, 0.1) is 11.8 Å². The lowest BCUT2D eigenvalue weighted by molar-refractivity contribution is -0.127. The summed E-state index contributed by atoms with van der Waals surface area (Å²) in [5.74, 6) is 0.651. The van der Waals surface area contributed by atoms with E-state index in [2.05, 4.69) is 5.32 Å². The Kier molecular flexibility index (Phi) is 7.26. The minimum atomic E-state index is 0. The lowest BCUT2D eigenvalue weighted by atomic mass is 9.94. The van der Waals surface area contributed by atoms with E-state index in [0.29, 0.717) is 25.6 Å². The van der Waals surface area contributed by atoms with E-state index in [1.807, 2.05) is 35.2 Å². The number of carbonyl (C=O) groups excluding carboxylic acids is 2. The maximum Gasteiger partial charge on any atom is 0.253 e. The Bertz CT molecular complexity index is 573. The SMILES string of the molecule is Cl.NCC1CCCC1NC(=O)C1CCN(C(=O)c2ccccc2)CC1. The van der Waals surface area contributed by atoms with Crippen LogP contribution in [-0.4, -0.2) is 42.4 Å². The Labute approximate surface area is 155 Å². The molecule has 2 atom stereocenters. The van der Waals surface area contributed by atoms with Crippen molar-refractivity contribution >= 4 is 24.2 Å². The average molecular weight is 366 g/mol. The van der Waals surface area contributed by atoms with Crippen molar-refractivity contribution < 1.29 is 9.59 Å². The molecule has 1 saturated heterocycles. The van der Waals surface area contributed by atoms with Gasteiger partial charge in [0.15, 0.2) is 0 Å². The molecule has 0 spiro atoms. The van der Waals surface area contributed by atoms with Crippen LogP contribution in [0.25, 0.3) is 0 Å². The summed E-state index contributed by atoms with van der Waals surface area (Å²) in [6.07, 6.45) is 4.79. The summed E-state index contributed by atoms with van der Waals surface area (Å²) < 4.78 is 0. The van der Waals surface area contributed by atoms with Crippen LogP contribution < -0.4 is 11.1 Å². The second-order valence-electron chi connectivity index (χ2n) is 6.97. The van der Waals surface area contributed by atoms with Gasteiger partial charge in [0, 0.05) is 30.6 Å². The predicted molar refractivity (Wildman–Crippen MR) is 101 cm³/mol. The number of nitrogens with zero attached hydrogens (tertiary/aromatic N) is 1. The number of hydrogen-bond donors (Lipinski definition) is 2. The zero-order valence-electron chi connectivity index (χ0n) is 14.5. The highest BCUT2D eigenvalue weighted by Gasteiger charge is 2.32. The molecule has 0 bridgehead atoms. The fraction of sp³-hybridized carbons (Fsp3) is 0.579. The van der Waals surface area contributed by atoms with Gasteiger partial charge >= 0.3 is 0 Å². The van der Waals surface area contributed by atoms with E-state index < -0.39 is 0 Å². The van der Waals surface area contributed by atoms with Gasteiger partial charge in [-0.15, -0.1) is 12.4 Å². The number of hydrogen-bond acceptors (Lipinski definition) is 3. The Morgan fingerprint density at radius 2 is 1.76 bits per heavy atom. The molecule has 0 aromatic heterocycles. The van der Waals surface area contributed by atoms with E-state index in [1.165, 1.54) is 0 Å². The smallest absolute Gasteiger partial charge is 0.253 e. The van der Waals surface area contributed by atoms with Crippen molar-refractivity contribution in [1.82, 2.24) is 10.2 Å². The van der Waals surface area contributed by atoms with Crippen molar-refractivity contribution in [1.29, 1.82) is 0 Å². The molecule has 6 heteroatoms. The van der Waals surface area contributed by atoms with Gasteiger partial charge in [-0.2, -0.15) is 0 Å². The van der Waals surface area contributed by atoms with E-state index in [9.17, 15) is 9.59 Å². The van der Waals surface area contributed by atoms with Crippen LogP contribution in [0.5, 0.6) is 0 Å². The number of piperidine rings is 1. The Morgan fingerprint density at radius 1 is 1.08 bits per heavy atom. The van der Waals surface area contributed by atoms with Crippen molar-refractivity contribution in [2.75, 3.05) is 19.6 Å². The molecule has 25 heavy (non-hydrogen) atoms. The van der Waals surface area contributed by atoms with Crippen molar-refractivity contribution in [2.45, 2.75) is 38.1 Å². The fourth-order valence-electron chi connectivity index (χ4n) is 3.92. The van der Waals surface area contributed by atoms with Gasteiger partial charge in [-0.3, -0.25) is 9.59 Å². The molecule has 3 rings (SSSR count). The van der Waals surface area contributed by atoms with E-state index in [-0.39, 0.29) is 36.2 Å². The Hall–Kier alpha value is -1.59. The Balaban J connectivity index is 0.00000225. The van der Waals surface area contributed by atoms with Crippen LogP contribution in [0.2, 0.25) is 0 Å². The number of carbonyl (C=O) groups is 2. The molecule has 2 fully saturated rings. The highest BCUT2D eigenvalue weighted by Crippen LogP contribution is 2.26. The van der Waals surface area contributed by atoms with Gasteiger partial charge < -0.3 is 16.0 Å². The molecule has 2 unspecified atom stereocenters. The summed E-state index contributed by atoms with van der Waals surface area (Å²) in [5.41, 5.74) is 6.51. The highest BCUT2D eigenvalue weighted by molar-refractivity contribution is 5.94. The maximum atomic E-state index is 12.5. The molecule has 0 radical (unpaired) electrons. The third-order valence-corrected chi connectivity index (χ3v) is 5.46. The second-order valence-corrected chi connectivity index (χ2v) is 6.97. The summed E-state index contributed by atoms with van der Waals surface area (Å²) in [5, 5.41) is 3.20. The zero-order valence-corrected chi connectivity index (χ0v) is 15.3. The van der Waals surface area contributed by atoms with E-state index in [0.717, 1.165) is 37.7 Å². The van der Waals surface area contributed by atoms with Gasteiger partial charge in [0.05, 0.1) is 0 Å². The van der Waals surface area contributed by atoms with E-state index in [1.54, 1.807) is 0 Å². The third-order valence-electron chi connectivity index (χ3n) is 5.46. The quantitative estimate of drug-likeness (QED) is 0.858. The number of amides is 2. The highest BCUT2D eigenvalue weighted by atomic mass is 35.5. The zero-order chi connectivity index (χ0) is 16.9. The molecule has 1 heterocycles. The number of halogens is 1. The van der Waals surface area contributed by atoms with Crippen LogP contribution in [0.4, 0.5) is 0 Å². The summed E-state index contributed by atoms with van der Waals surface area (Å²) in [4.78, 5) is 26.8. The Morgan fingerprint density at radius 3 is 2.40 bits per heavy atom. The topological polar surface area (TPSA) is 75.4 Å². The van der Waals surface area contributed by atoms with Crippen molar-refractivity contribution in [3.8, 4) is 0 Å². The number of nitrogens with one attached hydrogen (secondary N) is 1. The molecule has 1 aromatic rings. The first kappa shape index (κ1) is 19.7. The first-order chi connectivity index (χ1) is 11.7. The summed E-state index contributed by atoms with van der Waals surface area (Å²) in [7, 11) is 0. The second kappa shape index (κ2) is 9.20. The molecular weight excluding hydrogens is 338 g/mol. The van der Waals surface area contributed by atoms with Crippen molar-refractivity contribution in [3.05, 3.63) is 35.9 Å². The van der Waals surface area contributed by atoms with Gasteiger partial charge in [-0.05, 0) is 50.3 Å². The normalized spacial score (nSPS) is 23.8. The lowest BCUT2D eigenvalue weighted by Gasteiger charge is -2.32. The molecule has 5 nitrogen and oxygen atoms in total. The first-order valence-corrected chi connectivity index (χ1v) is 9.04. The van der Waals surface area contributed by atoms with Crippen LogP contribution in [-0.2, 0) is 4.79 Å². The number of rotatable bonds is 4. The number of likely N-dealkylation sites (tertiary alicyclic amines) is 1. The van der Waals surface area contributed by atoms with E-state index >= 15 is 0 Å². The molecule has 2 aliphatic rings. The van der Waals surface area contributed by atoms with Crippen molar-refractivity contribution in [2.24, 2.45) is 17.6 Å². The third kappa shape index (κ3) is 4.73. The van der Waals surface area contributed by atoms with Gasteiger partial charge in [0.25, 0.3) is 5.91 Å². The molecule has 1 aliphatic heterocycles. The number of benzene rings is 1. The average Bonchev–Trinajstić information content (AvgIpc) is 3.09. The monoisotopic (exact) mass is 365 g/mol. The van der Waals surface area contributed by atoms with Crippen molar-refractivity contribution in [3.63, 3.8) is 0 Å². The maximum absolute atomic E-state index is 12.5. The minimum Gasteiger partial charge on any atom is -0.353 e. The largest absolute Gasteiger partial charge is 0.353 e. The first-order valence-electron chi connectivity index (χ1n) is 9.04. The standard InChI is InChI=1S/C19H27N3O2.ClH/c20-13-16-7-4-8-17(16)21-18(23)14-9-11-22(12-10-14)19(24)15-5-2-1-3-6-15;/h1-3,5-6,14,16-17H,4,7-13,20H2,(H,21,23);1H. The summed E-state index contributed by atoms with van der Waals surface area (Å²) in [6.45, 7) is 1.95. The van der Waals surface area contributed by atoms with Gasteiger partial charge in [0.2, 0.25) is 5.91 Å². The van der Waals surface area contributed by atoms with E-state index in [4.69, 9.17) is 5.73 Å². The lowest BCUT2D eigenvalue weighted by Crippen LogP contribution is -2.47. The molecular formula is C19H28ClN3O2. The molecule has 1 aromatic carbocycles. The molecule has 3 N–H and O–H groups in total.